The lowest BCUT2D eigenvalue weighted by Gasteiger charge is -2.40. The number of amides is 1. The smallest absolute Gasteiger partial charge is 0.258 e. The molecule has 6 nitrogen and oxygen atoms in total. The summed E-state index contributed by atoms with van der Waals surface area (Å²) in [5.74, 6) is -1.58. The third-order valence-corrected chi connectivity index (χ3v) is 9.00. The van der Waals surface area contributed by atoms with Gasteiger partial charge in [-0.25, -0.2) is 12.8 Å². The van der Waals surface area contributed by atoms with Gasteiger partial charge < -0.3 is 5.32 Å². The number of rotatable bonds is 5. The second-order valence-electron chi connectivity index (χ2n) is 8.46. The van der Waals surface area contributed by atoms with Gasteiger partial charge >= 0.3 is 0 Å². The molecule has 10 heteroatoms. The molecule has 0 spiro atoms. The number of benzene rings is 2. The Morgan fingerprint density at radius 3 is 2.30 bits per heavy atom. The number of carbonyl (C=O) groups excluding carboxylic acids is 1. The van der Waals surface area contributed by atoms with Gasteiger partial charge in [-0.3, -0.25) is 9.69 Å². The van der Waals surface area contributed by atoms with Crippen molar-refractivity contribution in [2.24, 2.45) is 0 Å². The molecule has 1 N–H and O–H groups in total. The highest BCUT2D eigenvalue weighted by Gasteiger charge is 2.32. The van der Waals surface area contributed by atoms with Crippen molar-refractivity contribution in [3.05, 3.63) is 57.8 Å². The third-order valence-electron chi connectivity index (χ3n) is 6.36. The van der Waals surface area contributed by atoms with E-state index in [1.165, 1.54) is 60.7 Å². The van der Waals surface area contributed by atoms with Crippen molar-refractivity contribution < 1.29 is 17.6 Å². The zero-order chi connectivity index (χ0) is 23.6. The van der Waals surface area contributed by atoms with Gasteiger partial charge in [-0.05, 0) is 49.2 Å². The van der Waals surface area contributed by atoms with Crippen LogP contribution < -0.4 is 5.32 Å². The fourth-order valence-electron chi connectivity index (χ4n) is 4.52. The molecule has 0 unspecified atom stereocenters. The van der Waals surface area contributed by atoms with Crippen LogP contribution in [0, 0.1) is 5.82 Å². The Kier molecular flexibility index (Phi) is 7.60. The monoisotopic (exact) mass is 513 g/mol. The van der Waals surface area contributed by atoms with Gasteiger partial charge in [0.2, 0.25) is 10.0 Å². The van der Waals surface area contributed by atoms with Gasteiger partial charge in [0, 0.05) is 37.9 Å². The SMILES string of the molecule is O=C(Nc1ccc(Cl)c(Cl)c1)c1cc(S(=O)(=O)N2CCN(C3CCCCC3)CC2)ccc1F. The number of sulfonamides is 1. The predicted molar refractivity (Wildman–Crippen MR) is 128 cm³/mol. The largest absolute Gasteiger partial charge is 0.322 e. The summed E-state index contributed by atoms with van der Waals surface area (Å²) in [7, 11) is -3.85. The fourth-order valence-corrected chi connectivity index (χ4v) is 6.26. The van der Waals surface area contributed by atoms with E-state index in [4.69, 9.17) is 23.2 Å². The number of anilines is 1. The van der Waals surface area contributed by atoms with Crippen LogP contribution in [0.5, 0.6) is 0 Å². The Morgan fingerprint density at radius 1 is 0.939 bits per heavy atom. The number of halogens is 3. The number of carbonyl (C=O) groups is 1. The second-order valence-corrected chi connectivity index (χ2v) is 11.2. The van der Waals surface area contributed by atoms with E-state index in [1.807, 2.05) is 0 Å². The molecular weight excluding hydrogens is 488 g/mol. The first-order chi connectivity index (χ1) is 15.8. The number of piperazine rings is 1. The van der Waals surface area contributed by atoms with Crippen LogP contribution in [0.2, 0.25) is 10.0 Å². The van der Waals surface area contributed by atoms with E-state index in [-0.39, 0.29) is 15.5 Å². The molecule has 0 bridgehead atoms. The van der Waals surface area contributed by atoms with Gasteiger partial charge in [0.1, 0.15) is 5.82 Å². The molecular formula is C23H26Cl2FN3O3S. The maximum atomic E-state index is 14.4. The van der Waals surface area contributed by atoms with Gasteiger partial charge in [0.15, 0.2) is 0 Å². The summed E-state index contributed by atoms with van der Waals surface area (Å²) in [4.78, 5) is 14.9. The summed E-state index contributed by atoms with van der Waals surface area (Å²) in [5.41, 5.74) is -0.0381. The van der Waals surface area contributed by atoms with E-state index in [2.05, 4.69) is 10.2 Å². The number of hydrogen-bond donors (Lipinski definition) is 1. The molecule has 33 heavy (non-hydrogen) atoms. The van der Waals surface area contributed by atoms with Crippen molar-refractivity contribution in [1.82, 2.24) is 9.21 Å². The molecule has 2 aromatic carbocycles. The molecule has 2 fully saturated rings. The first-order valence-corrected chi connectivity index (χ1v) is 13.3. The molecule has 0 atom stereocenters. The van der Waals surface area contributed by atoms with Crippen molar-refractivity contribution >= 4 is 44.8 Å². The summed E-state index contributed by atoms with van der Waals surface area (Å²) < 4.78 is 42.3. The van der Waals surface area contributed by atoms with Crippen LogP contribution in [-0.2, 0) is 10.0 Å². The molecule has 2 aliphatic rings. The maximum absolute atomic E-state index is 14.4. The Balaban J connectivity index is 1.47. The average Bonchev–Trinajstić information content (AvgIpc) is 2.82. The lowest BCUT2D eigenvalue weighted by molar-refractivity contribution is 0.102. The molecule has 0 radical (unpaired) electrons. The molecule has 178 valence electrons. The second kappa shape index (κ2) is 10.3. The maximum Gasteiger partial charge on any atom is 0.258 e. The standard InChI is InChI=1S/C23H26Cl2FN3O3S/c24-20-8-6-16(14-21(20)25)27-23(30)19-15-18(7-9-22(19)26)33(31,32)29-12-10-28(11-13-29)17-4-2-1-3-5-17/h6-9,14-15,17H,1-5,10-13H2,(H,27,30). The summed E-state index contributed by atoms with van der Waals surface area (Å²) >= 11 is 11.8. The van der Waals surface area contributed by atoms with Crippen LogP contribution in [0.3, 0.4) is 0 Å². The number of nitrogens with one attached hydrogen (secondary N) is 1. The van der Waals surface area contributed by atoms with Crippen molar-refractivity contribution in [1.29, 1.82) is 0 Å². The minimum atomic E-state index is -3.85. The number of hydrogen-bond acceptors (Lipinski definition) is 4. The van der Waals surface area contributed by atoms with E-state index in [0.717, 1.165) is 12.1 Å². The zero-order valence-corrected chi connectivity index (χ0v) is 20.4. The summed E-state index contributed by atoms with van der Waals surface area (Å²) in [6.45, 7) is 2.10. The molecule has 1 heterocycles. The van der Waals surface area contributed by atoms with E-state index in [9.17, 15) is 17.6 Å². The highest BCUT2D eigenvalue weighted by molar-refractivity contribution is 7.89. The summed E-state index contributed by atoms with van der Waals surface area (Å²) in [5, 5.41) is 3.08. The molecule has 2 aromatic rings. The van der Waals surface area contributed by atoms with E-state index in [0.29, 0.717) is 42.9 Å². The molecule has 1 saturated heterocycles. The minimum Gasteiger partial charge on any atom is -0.322 e. The van der Waals surface area contributed by atoms with Crippen molar-refractivity contribution in [2.75, 3.05) is 31.5 Å². The molecule has 1 aliphatic carbocycles. The lowest BCUT2D eigenvalue weighted by atomic mass is 9.94. The van der Waals surface area contributed by atoms with Crippen LogP contribution in [-0.4, -0.2) is 55.8 Å². The van der Waals surface area contributed by atoms with E-state index >= 15 is 0 Å². The molecule has 1 amide bonds. The fraction of sp³-hybridized carbons (Fsp3) is 0.435. The Labute approximate surface area is 203 Å². The Hall–Kier alpha value is -1.71. The number of nitrogens with zero attached hydrogens (tertiary/aromatic N) is 2. The highest BCUT2D eigenvalue weighted by Crippen LogP contribution is 2.27. The topological polar surface area (TPSA) is 69.7 Å². The van der Waals surface area contributed by atoms with Gasteiger partial charge in [-0.15, -0.1) is 0 Å². The lowest BCUT2D eigenvalue weighted by Crippen LogP contribution is -2.52. The van der Waals surface area contributed by atoms with Crippen LogP contribution in [0.25, 0.3) is 0 Å². The Morgan fingerprint density at radius 2 is 1.64 bits per heavy atom. The van der Waals surface area contributed by atoms with E-state index < -0.39 is 21.7 Å². The summed E-state index contributed by atoms with van der Waals surface area (Å²) in [6, 6.07) is 8.30. The van der Waals surface area contributed by atoms with Crippen LogP contribution in [0.4, 0.5) is 10.1 Å². The normalized spacial score (nSPS) is 18.9. The van der Waals surface area contributed by atoms with Gasteiger partial charge in [0.05, 0.1) is 20.5 Å². The first-order valence-electron chi connectivity index (χ1n) is 11.1. The van der Waals surface area contributed by atoms with Gasteiger partial charge in [0.25, 0.3) is 5.91 Å². The van der Waals surface area contributed by atoms with Gasteiger partial charge in [-0.2, -0.15) is 4.31 Å². The van der Waals surface area contributed by atoms with Gasteiger partial charge in [-0.1, -0.05) is 42.5 Å². The Bertz CT molecular complexity index is 1130. The third kappa shape index (κ3) is 5.52. The minimum absolute atomic E-state index is 0.102. The van der Waals surface area contributed by atoms with Crippen LogP contribution in [0.15, 0.2) is 41.3 Å². The average molecular weight is 514 g/mol. The van der Waals surface area contributed by atoms with Crippen LogP contribution >= 0.6 is 23.2 Å². The molecule has 1 aliphatic heterocycles. The van der Waals surface area contributed by atoms with Crippen molar-refractivity contribution in [2.45, 2.75) is 43.0 Å². The molecule has 0 aromatic heterocycles. The summed E-state index contributed by atoms with van der Waals surface area (Å²) in [6.07, 6.45) is 6.07. The highest BCUT2D eigenvalue weighted by atomic mass is 35.5. The molecule has 4 rings (SSSR count). The zero-order valence-electron chi connectivity index (χ0n) is 18.1. The predicted octanol–water partition coefficient (Wildman–Crippen LogP) is 5.02. The first kappa shape index (κ1) is 24.4. The quantitative estimate of drug-likeness (QED) is 0.608. The van der Waals surface area contributed by atoms with E-state index in [1.54, 1.807) is 0 Å². The van der Waals surface area contributed by atoms with Crippen molar-refractivity contribution in [3.8, 4) is 0 Å². The van der Waals surface area contributed by atoms with Crippen LogP contribution in [0.1, 0.15) is 42.5 Å². The van der Waals surface area contributed by atoms with Crippen molar-refractivity contribution in [3.63, 3.8) is 0 Å². The molecule has 1 saturated carbocycles.